The summed E-state index contributed by atoms with van der Waals surface area (Å²) in [5, 5.41) is 6.83. The third kappa shape index (κ3) is 4.08. The molecule has 136 valence electrons. The van der Waals surface area contributed by atoms with Crippen molar-refractivity contribution in [3.05, 3.63) is 65.7 Å². The molecule has 0 radical (unpaired) electrons. The fraction of sp³-hybridized carbons (Fsp3) is 0.250. The molecule has 1 heterocycles. The Morgan fingerprint density at radius 3 is 2.69 bits per heavy atom. The van der Waals surface area contributed by atoms with Gasteiger partial charge in [0.15, 0.2) is 5.76 Å². The first kappa shape index (κ1) is 18.5. The molecule has 0 fully saturated rings. The molecular weight excluding hydrogens is 351 g/mol. The van der Waals surface area contributed by atoms with Crippen LogP contribution in [0.3, 0.4) is 0 Å². The van der Waals surface area contributed by atoms with Crippen LogP contribution in [0.2, 0.25) is 0 Å². The van der Waals surface area contributed by atoms with Crippen molar-refractivity contribution >= 4 is 28.6 Å². The zero-order chi connectivity index (χ0) is 18.5. The third-order valence-electron chi connectivity index (χ3n) is 4.17. The van der Waals surface area contributed by atoms with Crippen molar-refractivity contribution < 1.29 is 13.6 Å². The van der Waals surface area contributed by atoms with Crippen molar-refractivity contribution in [2.45, 2.75) is 23.6 Å². The first-order valence-electron chi connectivity index (χ1n) is 8.43. The minimum Gasteiger partial charge on any atom is -0.451 e. The fourth-order valence-corrected chi connectivity index (χ4v) is 3.53. The van der Waals surface area contributed by atoms with Gasteiger partial charge in [0.25, 0.3) is 5.91 Å². The number of nitrogens with one attached hydrogen (secondary N) is 2. The molecule has 1 amide bonds. The lowest BCUT2D eigenvalue weighted by atomic mass is 10.1. The molecule has 1 unspecified atom stereocenters. The molecule has 6 heteroatoms. The lowest BCUT2D eigenvalue weighted by Gasteiger charge is -2.11. The van der Waals surface area contributed by atoms with Crippen LogP contribution in [0.4, 0.5) is 4.39 Å². The molecule has 0 aliphatic carbocycles. The van der Waals surface area contributed by atoms with Gasteiger partial charge in [-0.1, -0.05) is 30.3 Å². The Kier molecular flexibility index (Phi) is 5.96. The molecule has 1 atom stereocenters. The molecule has 2 N–H and O–H groups in total. The normalized spacial score (nSPS) is 12.3. The zero-order valence-corrected chi connectivity index (χ0v) is 15.5. The largest absolute Gasteiger partial charge is 0.451 e. The quantitative estimate of drug-likeness (QED) is 0.610. The highest BCUT2D eigenvalue weighted by atomic mass is 32.2. The van der Waals surface area contributed by atoms with Gasteiger partial charge in [-0.25, -0.2) is 4.39 Å². The number of benzene rings is 2. The number of rotatable bonds is 7. The number of hydrogen-bond donors (Lipinski definition) is 2. The van der Waals surface area contributed by atoms with E-state index in [1.165, 1.54) is 17.8 Å². The molecular formula is C20H21FN2O2S. The summed E-state index contributed by atoms with van der Waals surface area (Å²) in [6.07, 6.45) is 0. The van der Waals surface area contributed by atoms with Gasteiger partial charge in [0.2, 0.25) is 0 Å². The SMILES string of the molecule is CNC(C)CNC(=O)c1oc2ccccc2c1CSc1ccccc1F. The van der Waals surface area contributed by atoms with Crippen LogP contribution in [-0.4, -0.2) is 25.5 Å². The van der Waals surface area contributed by atoms with E-state index in [1.807, 2.05) is 38.2 Å². The van der Waals surface area contributed by atoms with E-state index in [9.17, 15) is 9.18 Å². The molecule has 0 saturated carbocycles. The summed E-state index contributed by atoms with van der Waals surface area (Å²) in [5.41, 5.74) is 1.44. The van der Waals surface area contributed by atoms with Crippen LogP contribution in [-0.2, 0) is 5.75 Å². The van der Waals surface area contributed by atoms with E-state index >= 15 is 0 Å². The summed E-state index contributed by atoms with van der Waals surface area (Å²) in [4.78, 5) is 13.2. The predicted octanol–water partition coefficient (Wildman–Crippen LogP) is 4.20. The minimum absolute atomic E-state index is 0.152. The molecule has 1 aromatic heterocycles. The second kappa shape index (κ2) is 8.38. The zero-order valence-electron chi connectivity index (χ0n) is 14.7. The van der Waals surface area contributed by atoms with Gasteiger partial charge < -0.3 is 15.1 Å². The van der Waals surface area contributed by atoms with Crippen molar-refractivity contribution in [1.29, 1.82) is 0 Å². The number of furan rings is 1. The van der Waals surface area contributed by atoms with E-state index in [1.54, 1.807) is 18.2 Å². The Morgan fingerprint density at radius 2 is 1.92 bits per heavy atom. The predicted molar refractivity (Wildman–Crippen MR) is 103 cm³/mol. The van der Waals surface area contributed by atoms with Crippen LogP contribution in [0.15, 0.2) is 57.8 Å². The average molecular weight is 372 g/mol. The number of likely N-dealkylation sites (N-methyl/N-ethyl adjacent to an activating group) is 1. The number of para-hydroxylation sites is 1. The fourth-order valence-electron chi connectivity index (χ4n) is 2.57. The van der Waals surface area contributed by atoms with Gasteiger partial charge >= 0.3 is 0 Å². The van der Waals surface area contributed by atoms with Crippen molar-refractivity contribution in [2.24, 2.45) is 0 Å². The average Bonchev–Trinajstić information content (AvgIpc) is 3.04. The Morgan fingerprint density at radius 1 is 1.19 bits per heavy atom. The van der Waals surface area contributed by atoms with Crippen LogP contribution in [0.5, 0.6) is 0 Å². The van der Waals surface area contributed by atoms with Crippen molar-refractivity contribution in [1.82, 2.24) is 10.6 Å². The van der Waals surface area contributed by atoms with E-state index in [-0.39, 0.29) is 17.8 Å². The Balaban J connectivity index is 1.87. The summed E-state index contributed by atoms with van der Waals surface area (Å²) in [6, 6.07) is 14.3. The van der Waals surface area contributed by atoms with E-state index in [0.29, 0.717) is 28.5 Å². The van der Waals surface area contributed by atoms with E-state index in [0.717, 1.165) is 10.9 Å². The van der Waals surface area contributed by atoms with E-state index < -0.39 is 0 Å². The third-order valence-corrected chi connectivity index (χ3v) is 5.25. The summed E-state index contributed by atoms with van der Waals surface area (Å²) in [7, 11) is 1.84. The van der Waals surface area contributed by atoms with Crippen LogP contribution in [0.25, 0.3) is 11.0 Å². The molecule has 0 spiro atoms. The highest BCUT2D eigenvalue weighted by Gasteiger charge is 2.21. The Labute approximate surface area is 156 Å². The van der Waals surface area contributed by atoms with Crippen molar-refractivity contribution in [2.75, 3.05) is 13.6 Å². The van der Waals surface area contributed by atoms with Gasteiger partial charge in [-0.2, -0.15) is 0 Å². The Hall–Kier alpha value is -2.31. The molecule has 0 aliphatic heterocycles. The highest BCUT2D eigenvalue weighted by Crippen LogP contribution is 2.32. The van der Waals surface area contributed by atoms with Gasteiger partial charge in [0.1, 0.15) is 11.4 Å². The molecule has 0 aliphatic rings. The summed E-state index contributed by atoms with van der Waals surface area (Å²) < 4.78 is 19.7. The number of hydrogen-bond acceptors (Lipinski definition) is 4. The van der Waals surface area contributed by atoms with Crippen LogP contribution in [0.1, 0.15) is 23.0 Å². The van der Waals surface area contributed by atoms with Crippen molar-refractivity contribution in [3.8, 4) is 0 Å². The summed E-state index contributed by atoms with van der Waals surface area (Å²) >= 11 is 1.35. The molecule has 0 bridgehead atoms. The first-order chi connectivity index (χ1) is 12.6. The second-order valence-corrected chi connectivity index (χ2v) is 7.04. The topological polar surface area (TPSA) is 54.3 Å². The maximum atomic E-state index is 13.9. The molecule has 4 nitrogen and oxygen atoms in total. The van der Waals surface area contributed by atoms with Crippen LogP contribution in [0, 0.1) is 5.82 Å². The van der Waals surface area contributed by atoms with Gasteiger partial charge in [-0.05, 0) is 32.2 Å². The van der Waals surface area contributed by atoms with E-state index in [2.05, 4.69) is 10.6 Å². The minimum atomic E-state index is -0.265. The van der Waals surface area contributed by atoms with Crippen LogP contribution < -0.4 is 10.6 Å². The van der Waals surface area contributed by atoms with Crippen molar-refractivity contribution in [3.63, 3.8) is 0 Å². The smallest absolute Gasteiger partial charge is 0.287 e. The standard InChI is InChI=1S/C20H21FN2O2S/c1-13(22-2)11-23-20(24)19-15(14-7-3-5-9-17(14)25-19)12-26-18-10-6-4-8-16(18)21/h3-10,13,22H,11-12H2,1-2H3,(H,23,24). The maximum Gasteiger partial charge on any atom is 0.287 e. The second-order valence-electron chi connectivity index (χ2n) is 6.02. The molecule has 0 saturated heterocycles. The monoisotopic (exact) mass is 372 g/mol. The number of carbonyl (C=O) groups excluding carboxylic acids is 1. The number of thioether (sulfide) groups is 1. The van der Waals surface area contributed by atoms with Gasteiger partial charge in [0.05, 0.1) is 0 Å². The van der Waals surface area contributed by atoms with Gasteiger partial charge in [0, 0.05) is 34.2 Å². The first-order valence-corrected chi connectivity index (χ1v) is 9.42. The molecule has 3 aromatic rings. The van der Waals surface area contributed by atoms with Crippen LogP contribution >= 0.6 is 11.8 Å². The van der Waals surface area contributed by atoms with Gasteiger partial charge in [-0.3, -0.25) is 4.79 Å². The molecule has 26 heavy (non-hydrogen) atoms. The highest BCUT2D eigenvalue weighted by molar-refractivity contribution is 7.98. The summed E-state index contributed by atoms with van der Waals surface area (Å²) in [6.45, 7) is 2.47. The number of carbonyl (C=O) groups is 1. The molecule has 3 rings (SSSR count). The summed E-state index contributed by atoms with van der Waals surface area (Å²) in [5.74, 6) is 0.215. The van der Waals surface area contributed by atoms with Gasteiger partial charge in [-0.15, -0.1) is 11.8 Å². The number of amides is 1. The molecule has 2 aromatic carbocycles. The number of halogens is 1. The maximum absolute atomic E-state index is 13.9. The lowest BCUT2D eigenvalue weighted by Crippen LogP contribution is -2.37. The van der Waals surface area contributed by atoms with E-state index in [4.69, 9.17) is 4.42 Å². The number of fused-ring (bicyclic) bond motifs is 1. The Bertz CT molecular complexity index is 910. The lowest BCUT2D eigenvalue weighted by molar-refractivity contribution is 0.0924.